The Morgan fingerprint density at radius 1 is 0.843 bits per heavy atom. The van der Waals surface area contributed by atoms with Crippen molar-refractivity contribution in [3.63, 3.8) is 0 Å². The van der Waals surface area contributed by atoms with Gasteiger partial charge in [-0.3, -0.25) is 9.78 Å². The Morgan fingerprint density at radius 2 is 1.41 bits per heavy atom. The first kappa shape index (κ1) is 40.5. The average molecular weight is 878 g/mol. The van der Waals surface area contributed by atoms with Crippen LogP contribution in [0.1, 0.15) is 114 Å². The number of benzene rings is 3. The molecule has 2 aromatic heterocycles. The van der Waals surface area contributed by atoms with E-state index in [4.69, 9.17) is 4.98 Å². The van der Waals surface area contributed by atoms with Gasteiger partial charge in [-0.1, -0.05) is 133 Å². The predicted molar refractivity (Wildman–Crippen MR) is 216 cm³/mol. The van der Waals surface area contributed by atoms with Crippen molar-refractivity contribution in [3.8, 4) is 16.4 Å². The molecule has 0 fully saturated rings. The molecule has 7 heteroatoms. The van der Waals surface area contributed by atoms with E-state index in [2.05, 4.69) is 113 Å². The standard InChI is InChI=1S/C31H30BN2S.C13H24O2.Ir/c1-18(2)22-11-9-12-23(19(3)4)29(22)32-24-13-7-8-16-27(24)34-30-25(32)14-10-15-26(30)33-31(34)28-17-20(5)21(6)35-28;1-5-10(6-2)12(14)9-13(15)11(7-3)8-4;/h7-16,18-19H,1-6H3;9-11,14H,5-8H2,1-4H3;/q-1;;/b;12-9-;. The number of allylic oxidation sites excluding steroid dienone is 2. The van der Waals surface area contributed by atoms with Crippen molar-refractivity contribution in [3.05, 3.63) is 100 Å². The average Bonchev–Trinajstić information content (AvgIpc) is 3.66. The van der Waals surface area contributed by atoms with E-state index in [1.165, 1.54) is 55.2 Å². The Labute approximate surface area is 324 Å². The van der Waals surface area contributed by atoms with Crippen LogP contribution < -0.4 is 16.4 Å². The van der Waals surface area contributed by atoms with Gasteiger partial charge in [-0.25, -0.2) is 11.3 Å². The molecule has 1 aliphatic rings. The molecular weight excluding hydrogens is 824 g/mol. The maximum Gasteiger partial charge on any atom is 0.247 e. The molecule has 0 bridgehead atoms. The summed E-state index contributed by atoms with van der Waals surface area (Å²) in [6, 6.07) is 26.1. The summed E-state index contributed by atoms with van der Waals surface area (Å²) in [5, 5.41) is 9.76. The van der Waals surface area contributed by atoms with Gasteiger partial charge in [-0.15, -0.1) is 0 Å². The molecule has 0 aliphatic carbocycles. The topological polar surface area (TPSA) is 55.1 Å². The number of para-hydroxylation sites is 2. The minimum absolute atomic E-state index is 0. The largest absolute Gasteiger partial charge is 0.512 e. The summed E-state index contributed by atoms with van der Waals surface area (Å²) in [6.45, 7) is 21.8. The van der Waals surface area contributed by atoms with E-state index in [1.807, 2.05) is 27.7 Å². The normalized spacial score (nSPS) is 12.4. The minimum Gasteiger partial charge on any atom is -0.512 e. The van der Waals surface area contributed by atoms with Crippen LogP contribution in [0.3, 0.4) is 0 Å². The van der Waals surface area contributed by atoms with Crippen LogP contribution in [-0.2, 0) is 24.9 Å². The molecule has 6 rings (SSSR count). The fourth-order valence-electron chi connectivity index (χ4n) is 7.52. The number of thiophene rings is 1. The third-order valence-corrected chi connectivity index (χ3v) is 11.7. The maximum absolute atomic E-state index is 11.7. The number of carbonyl (C=O) groups excluding carboxylic acids is 1. The molecule has 3 aromatic carbocycles. The van der Waals surface area contributed by atoms with Gasteiger partial charge >= 0.3 is 0 Å². The number of hydrogen-bond acceptors (Lipinski definition) is 4. The van der Waals surface area contributed by atoms with E-state index in [0.29, 0.717) is 11.8 Å². The Morgan fingerprint density at radius 3 is 1.96 bits per heavy atom. The Hall–Kier alpha value is -3.25. The van der Waals surface area contributed by atoms with Crippen LogP contribution in [0.5, 0.6) is 0 Å². The fourth-order valence-corrected chi connectivity index (χ4v) is 8.47. The first-order valence-electron chi connectivity index (χ1n) is 18.6. The summed E-state index contributed by atoms with van der Waals surface area (Å²) in [5.74, 6) is 2.44. The zero-order chi connectivity index (χ0) is 36.3. The number of rotatable bonds is 11. The second-order valence-corrected chi connectivity index (χ2v) is 15.6. The second-order valence-electron chi connectivity index (χ2n) is 14.4. The summed E-state index contributed by atoms with van der Waals surface area (Å²) < 4.78 is 2.39. The number of aliphatic hydroxyl groups excluding tert-OH is 1. The number of carbonyl (C=O) groups is 1. The van der Waals surface area contributed by atoms with Crippen molar-refractivity contribution >= 4 is 51.3 Å². The summed E-state index contributed by atoms with van der Waals surface area (Å²) >= 11 is 1.79. The van der Waals surface area contributed by atoms with Crippen molar-refractivity contribution in [1.29, 1.82) is 0 Å². The first-order chi connectivity index (χ1) is 24.0. The van der Waals surface area contributed by atoms with Crippen LogP contribution in [0.4, 0.5) is 0 Å². The number of ketones is 1. The van der Waals surface area contributed by atoms with Crippen LogP contribution in [0.25, 0.3) is 27.4 Å². The van der Waals surface area contributed by atoms with E-state index in [0.717, 1.165) is 41.9 Å². The van der Waals surface area contributed by atoms with Gasteiger partial charge in [-0.05, 0) is 71.7 Å². The fraction of sp³-hybridized carbons (Fsp3) is 0.409. The van der Waals surface area contributed by atoms with Crippen molar-refractivity contribution in [2.45, 2.75) is 107 Å². The smallest absolute Gasteiger partial charge is 0.247 e. The number of aliphatic hydroxyl groups is 1. The van der Waals surface area contributed by atoms with Gasteiger partial charge in [0.1, 0.15) is 0 Å². The second kappa shape index (κ2) is 17.5. The molecular formula is C44H54BIrN2O2S-. The maximum atomic E-state index is 11.7. The molecule has 1 aliphatic heterocycles. The van der Waals surface area contributed by atoms with Crippen LogP contribution in [0, 0.1) is 31.7 Å². The molecule has 0 spiro atoms. The molecule has 5 aromatic rings. The molecule has 1 radical (unpaired) electrons. The summed E-state index contributed by atoms with van der Waals surface area (Å²) in [4.78, 5) is 19.3. The Balaban J connectivity index is 0.000000312. The molecule has 0 amide bonds. The number of hydrogen-bond donors (Lipinski definition) is 1. The third kappa shape index (κ3) is 8.07. The molecule has 271 valence electrons. The molecule has 0 unspecified atom stereocenters. The summed E-state index contributed by atoms with van der Waals surface area (Å²) in [6.07, 6.45) is 4.91. The molecule has 0 saturated heterocycles. The van der Waals surface area contributed by atoms with Gasteiger partial charge < -0.3 is 9.67 Å². The molecule has 51 heavy (non-hydrogen) atoms. The predicted octanol–water partition coefficient (Wildman–Crippen LogP) is 10.1. The van der Waals surface area contributed by atoms with Crippen LogP contribution in [0.15, 0.2) is 72.5 Å². The van der Waals surface area contributed by atoms with Crippen LogP contribution in [0.2, 0.25) is 0 Å². The Kier molecular flexibility index (Phi) is 13.9. The van der Waals surface area contributed by atoms with E-state index in [-0.39, 0.29) is 50.2 Å². The van der Waals surface area contributed by atoms with Gasteiger partial charge in [0.05, 0.1) is 22.6 Å². The van der Waals surface area contributed by atoms with Gasteiger partial charge in [0.25, 0.3) is 0 Å². The zero-order valence-electron chi connectivity index (χ0n) is 32.1. The number of fused-ring (bicyclic) bond motifs is 2. The molecule has 4 nitrogen and oxygen atoms in total. The Bertz CT molecular complexity index is 1950. The molecule has 0 saturated carbocycles. The van der Waals surface area contributed by atoms with Gasteiger partial charge in [0.2, 0.25) is 6.71 Å². The monoisotopic (exact) mass is 878 g/mol. The van der Waals surface area contributed by atoms with E-state index < -0.39 is 0 Å². The zero-order valence-corrected chi connectivity index (χ0v) is 35.3. The molecule has 0 atom stereocenters. The van der Waals surface area contributed by atoms with Gasteiger partial charge in [0, 0.05) is 43.7 Å². The van der Waals surface area contributed by atoms with E-state index in [1.54, 1.807) is 11.3 Å². The SMILES string of the molecule is CCC(CC)C(=O)/C=C(\O)C(CC)CC.Cc1[c-]c(-c2nc3cccc4c3n2-c2ccccc2B4c2c(C(C)C)cccc2C(C)C)sc1C.[Ir]. The molecule has 3 heterocycles. The van der Waals surface area contributed by atoms with E-state index >= 15 is 0 Å². The van der Waals surface area contributed by atoms with Crippen molar-refractivity contribution in [2.75, 3.05) is 0 Å². The summed E-state index contributed by atoms with van der Waals surface area (Å²) in [5.41, 5.74) is 11.8. The number of nitrogens with zero attached hydrogens (tertiary/aromatic N) is 2. The van der Waals surface area contributed by atoms with Crippen LogP contribution >= 0.6 is 11.3 Å². The van der Waals surface area contributed by atoms with Crippen molar-refractivity contribution < 1.29 is 30.0 Å². The van der Waals surface area contributed by atoms with Crippen molar-refractivity contribution in [2.24, 2.45) is 11.8 Å². The first-order valence-corrected chi connectivity index (χ1v) is 19.5. The summed E-state index contributed by atoms with van der Waals surface area (Å²) in [7, 11) is 0. The quantitative estimate of drug-likeness (QED) is 0.0611. The van der Waals surface area contributed by atoms with Crippen molar-refractivity contribution in [1.82, 2.24) is 9.55 Å². The number of imidazole rings is 1. The van der Waals surface area contributed by atoms with E-state index in [9.17, 15) is 9.90 Å². The number of aromatic nitrogens is 2. The van der Waals surface area contributed by atoms with Crippen LogP contribution in [-0.4, -0.2) is 27.2 Å². The molecule has 1 N–H and O–H groups in total. The van der Waals surface area contributed by atoms with Gasteiger partial charge in [0.15, 0.2) is 5.78 Å². The third-order valence-electron chi connectivity index (χ3n) is 10.6. The minimum atomic E-state index is 0. The number of aryl methyl sites for hydroxylation is 2. The van der Waals surface area contributed by atoms with Gasteiger partial charge in [-0.2, -0.15) is 11.6 Å².